The van der Waals surface area contributed by atoms with Crippen LogP contribution in [0.25, 0.3) is 10.8 Å². The highest BCUT2D eigenvalue weighted by atomic mass is 16.5. The Balaban J connectivity index is 1.93. The van der Waals surface area contributed by atoms with Crippen LogP contribution >= 0.6 is 0 Å². The molecule has 4 rings (SSSR count). The lowest BCUT2D eigenvalue weighted by Gasteiger charge is -2.31. The largest absolute Gasteiger partial charge is 0.444 e. The molecule has 1 atom stereocenters. The number of nitriles is 1. The number of rotatable bonds is 1. The van der Waals surface area contributed by atoms with Crippen molar-refractivity contribution in [2.45, 2.75) is 25.2 Å². The molecule has 0 saturated carbocycles. The summed E-state index contributed by atoms with van der Waals surface area (Å²) < 4.78 is 5.60. The number of allylic oxidation sites excluding steroid dienone is 3. The van der Waals surface area contributed by atoms with Crippen molar-refractivity contribution in [2.24, 2.45) is 5.73 Å². The molecular formula is C20H16N2O2. The molecule has 0 unspecified atom stereocenters. The lowest BCUT2D eigenvalue weighted by atomic mass is 9.77. The van der Waals surface area contributed by atoms with Gasteiger partial charge in [-0.05, 0) is 22.8 Å². The van der Waals surface area contributed by atoms with Crippen molar-refractivity contribution in [1.82, 2.24) is 0 Å². The zero-order valence-electron chi connectivity index (χ0n) is 13.1. The highest BCUT2D eigenvalue weighted by Gasteiger charge is 2.37. The van der Waals surface area contributed by atoms with Gasteiger partial charge in [-0.3, -0.25) is 4.79 Å². The monoisotopic (exact) mass is 316 g/mol. The maximum Gasteiger partial charge on any atom is 0.205 e. The number of carbonyl (C=O) groups is 1. The highest BCUT2D eigenvalue weighted by molar-refractivity contribution is 5.99. The van der Waals surface area contributed by atoms with Gasteiger partial charge in [0.05, 0.1) is 5.92 Å². The molecule has 0 radical (unpaired) electrons. The number of ether oxygens (including phenoxy) is 1. The zero-order valence-corrected chi connectivity index (χ0v) is 13.1. The Kier molecular flexibility index (Phi) is 3.35. The van der Waals surface area contributed by atoms with Crippen molar-refractivity contribution in [3.8, 4) is 6.07 Å². The van der Waals surface area contributed by atoms with Crippen LogP contribution in [0.3, 0.4) is 0 Å². The molecule has 2 N–H and O–H groups in total. The second kappa shape index (κ2) is 5.54. The number of fused-ring (bicyclic) bond motifs is 1. The van der Waals surface area contributed by atoms with E-state index in [-0.39, 0.29) is 11.7 Å². The molecule has 4 heteroatoms. The summed E-state index contributed by atoms with van der Waals surface area (Å²) in [6, 6.07) is 16.2. The van der Waals surface area contributed by atoms with Gasteiger partial charge in [-0.15, -0.1) is 0 Å². The molecular weight excluding hydrogens is 300 g/mol. The van der Waals surface area contributed by atoms with Crippen LogP contribution in [0.2, 0.25) is 0 Å². The predicted molar refractivity (Wildman–Crippen MR) is 90.5 cm³/mol. The minimum Gasteiger partial charge on any atom is -0.444 e. The Morgan fingerprint density at radius 3 is 2.71 bits per heavy atom. The summed E-state index contributed by atoms with van der Waals surface area (Å²) in [5.74, 6) is 0.357. The number of benzene rings is 2. The summed E-state index contributed by atoms with van der Waals surface area (Å²) in [6.45, 7) is 0. The van der Waals surface area contributed by atoms with E-state index in [4.69, 9.17) is 10.5 Å². The minimum atomic E-state index is -0.434. The molecule has 2 aliphatic rings. The standard InChI is InChI=1S/C20H16N2O2/c21-11-15-18(14-9-8-12-4-1-2-5-13(12)10-14)19-16(23)6-3-7-17(19)24-20(15)22/h1-2,4-5,8-10,18H,3,6-7,22H2/t18-/m1/s1. The molecule has 24 heavy (non-hydrogen) atoms. The zero-order chi connectivity index (χ0) is 16.7. The van der Waals surface area contributed by atoms with Crippen molar-refractivity contribution in [1.29, 1.82) is 5.26 Å². The fourth-order valence-corrected chi connectivity index (χ4v) is 3.58. The van der Waals surface area contributed by atoms with Gasteiger partial charge in [0.1, 0.15) is 17.4 Å². The summed E-state index contributed by atoms with van der Waals surface area (Å²) in [6.07, 6.45) is 1.94. The molecule has 0 spiro atoms. The van der Waals surface area contributed by atoms with Crippen LogP contribution in [0.15, 0.2) is 65.3 Å². The lowest BCUT2D eigenvalue weighted by molar-refractivity contribution is -0.116. The Morgan fingerprint density at radius 2 is 1.92 bits per heavy atom. The average molecular weight is 316 g/mol. The van der Waals surface area contributed by atoms with E-state index >= 15 is 0 Å². The van der Waals surface area contributed by atoms with Crippen LogP contribution in [0.1, 0.15) is 30.7 Å². The van der Waals surface area contributed by atoms with Gasteiger partial charge in [0.2, 0.25) is 5.88 Å². The molecule has 0 amide bonds. The lowest BCUT2D eigenvalue weighted by Crippen LogP contribution is -2.27. The molecule has 4 nitrogen and oxygen atoms in total. The Hall–Kier alpha value is -3.06. The number of Topliss-reactive ketones (excluding diaryl/α,β-unsaturated/α-hetero) is 1. The molecule has 0 bridgehead atoms. The van der Waals surface area contributed by atoms with E-state index in [9.17, 15) is 10.1 Å². The average Bonchev–Trinajstić information content (AvgIpc) is 2.60. The number of carbonyl (C=O) groups excluding carboxylic acids is 1. The second-order valence-corrected chi connectivity index (χ2v) is 6.14. The van der Waals surface area contributed by atoms with Crippen LogP contribution in [0.5, 0.6) is 0 Å². The first kappa shape index (κ1) is 14.5. The van der Waals surface area contributed by atoms with Gasteiger partial charge >= 0.3 is 0 Å². The molecule has 1 aliphatic carbocycles. The van der Waals surface area contributed by atoms with E-state index in [0.717, 1.165) is 22.8 Å². The predicted octanol–water partition coefficient (Wildman–Crippen LogP) is 3.65. The van der Waals surface area contributed by atoms with Gasteiger partial charge in [0, 0.05) is 18.4 Å². The number of hydrogen-bond donors (Lipinski definition) is 1. The van der Waals surface area contributed by atoms with Gasteiger partial charge in [0.25, 0.3) is 0 Å². The number of ketones is 1. The fourth-order valence-electron chi connectivity index (χ4n) is 3.58. The van der Waals surface area contributed by atoms with Crippen LogP contribution in [-0.4, -0.2) is 5.78 Å². The Morgan fingerprint density at radius 1 is 1.12 bits per heavy atom. The minimum absolute atomic E-state index is 0.0506. The van der Waals surface area contributed by atoms with Crippen molar-refractivity contribution in [2.75, 3.05) is 0 Å². The molecule has 0 fully saturated rings. The van der Waals surface area contributed by atoms with Crippen molar-refractivity contribution < 1.29 is 9.53 Å². The summed E-state index contributed by atoms with van der Waals surface area (Å²) in [5.41, 5.74) is 7.79. The van der Waals surface area contributed by atoms with Crippen LogP contribution in [0.4, 0.5) is 0 Å². The summed E-state index contributed by atoms with van der Waals surface area (Å²) >= 11 is 0. The quantitative estimate of drug-likeness (QED) is 0.871. The maximum atomic E-state index is 12.5. The molecule has 118 valence electrons. The third-order valence-corrected chi connectivity index (χ3v) is 4.71. The summed E-state index contributed by atoms with van der Waals surface area (Å²) in [4.78, 5) is 12.5. The van der Waals surface area contributed by atoms with E-state index in [1.54, 1.807) is 0 Å². The molecule has 1 aliphatic heterocycles. The number of hydrogen-bond acceptors (Lipinski definition) is 4. The van der Waals surface area contributed by atoms with Gasteiger partial charge in [0.15, 0.2) is 5.78 Å². The number of nitrogens with two attached hydrogens (primary N) is 1. The summed E-state index contributed by atoms with van der Waals surface area (Å²) in [7, 11) is 0. The smallest absolute Gasteiger partial charge is 0.205 e. The number of nitrogens with zero attached hydrogens (tertiary/aromatic N) is 1. The maximum absolute atomic E-state index is 12.5. The molecule has 2 aromatic carbocycles. The van der Waals surface area contributed by atoms with Crippen molar-refractivity contribution >= 4 is 16.6 Å². The highest BCUT2D eigenvalue weighted by Crippen LogP contribution is 2.43. The van der Waals surface area contributed by atoms with Gasteiger partial charge in [-0.1, -0.05) is 42.5 Å². The first-order valence-corrected chi connectivity index (χ1v) is 8.01. The van der Waals surface area contributed by atoms with E-state index in [1.165, 1.54) is 0 Å². The van der Waals surface area contributed by atoms with Gasteiger partial charge < -0.3 is 10.5 Å². The third-order valence-electron chi connectivity index (χ3n) is 4.71. The fraction of sp³-hybridized carbons (Fsp3) is 0.200. The topological polar surface area (TPSA) is 76.1 Å². The van der Waals surface area contributed by atoms with E-state index in [1.807, 2.05) is 42.5 Å². The molecule has 0 aromatic heterocycles. The SMILES string of the molecule is N#CC1=C(N)OC2=C(C(=O)CCC2)[C@@H]1c1ccc2ccccc2c1. The first-order valence-electron chi connectivity index (χ1n) is 8.01. The Bertz CT molecular complexity index is 963. The van der Waals surface area contributed by atoms with Crippen LogP contribution in [0, 0.1) is 11.3 Å². The van der Waals surface area contributed by atoms with Crippen molar-refractivity contribution in [3.63, 3.8) is 0 Å². The van der Waals surface area contributed by atoms with Crippen LogP contribution in [-0.2, 0) is 9.53 Å². The molecule has 0 saturated heterocycles. The first-order chi connectivity index (χ1) is 11.7. The second-order valence-electron chi connectivity index (χ2n) is 6.14. The van der Waals surface area contributed by atoms with Gasteiger partial charge in [-0.2, -0.15) is 5.26 Å². The van der Waals surface area contributed by atoms with Crippen molar-refractivity contribution in [3.05, 3.63) is 70.8 Å². The van der Waals surface area contributed by atoms with E-state index in [0.29, 0.717) is 29.7 Å². The normalized spacial score (nSPS) is 20.6. The summed E-state index contributed by atoms with van der Waals surface area (Å²) in [5, 5.41) is 11.8. The van der Waals surface area contributed by atoms with E-state index < -0.39 is 5.92 Å². The van der Waals surface area contributed by atoms with Crippen LogP contribution < -0.4 is 5.73 Å². The third kappa shape index (κ3) is 2.17. The molecule has 1 heterocycles. The van der Waals surface area contributed by atoms with E-state index in [2.05, 4.69) is 6.07 Å². The Labute approximate surface area is 139 Å². The molecule has 2 aromatic rings. The van der Waals surface area contributed by atoms with Gasteiger partial charge in [-0.25, -0.2) is 0 Å².